The normalized spacial score (nSPS) is 10.5. The Hall–Kier alpha value is -3.09. The van der Waals surface area contributed by atoms with Crippen LogP contribution in [0.4, 0.5) is 5.69 Å². The lowest BCUT2D eigenvalue weighted by atomic mass is 10.1. The van der Waals surface area contributed by atoms with E-state index in [2.05, 4.69) is 20.7 Å². The molecule has 1 heterocycles. The maximum absolute atomic E-state index is 12.3. The second-order valence-corrected chi connectivity index (χ2v) is 4.91. The number of rotatable bonds is 5. The van der Waals surface area contributed by atoms with E-state index in [1.807, 2.05) is 18.2 Å². The first-order valence-corrected chi connectivity index (χ1v) is 7.01. The molecule has 0 fully saturated rings. The zero-order valence-electron chi connectivity index (χ0n) is 12.8. The van der Waals surface area contributed by atoms with Crippen LogP contribution in [0.5, 0.6) is 11.5 Å². The van der Waals surface area contributed by atoms with Gasteiger partial charge in [0.25, 0.3) is 0 Å². The summed E-state index contributed by atoms with van der Waals surface area (Å²) in [5, 5.41) is 13.4. The molecule has 0 aliphatic carbocycles. The third-order valence-electron chi connectivity index (χ3n) is 3.43. The molecule has 0 saturated carbocycles. The monoisotopic (exact) mass is 312 g/mol. The molecule has 0 radical (unpaired) electrons. The Morgan fingerprint density at radius 3 is 2.74 bits per heavy atom. The molecule has 0 saturated heterocycles. The summed E-state index contributed by atoms with van der Waals surface area (Å²) in [5.74, 6) is 1.08. The molecule has 1 aromatic heterocycles. The quantitative estimate of drug-likeness (QED) is 0.753. The van der Waals surface area contributed by atoms with E-state index in [-0.39, 0.29) is 12.3 Å². The molecule has 7 heteroatoms. The number of benzene rings is 2. The molecule has 7 nitrogen and oxygen atoms in total. The van der Waals surface area contributed by atoms with Gasteiger partial charge in [-0.05, 0) is 29.8 Å². The Morgan fingerprint density at radius 1 is 1.13 bits per heavy atom. The molecule has 0 atom stereocenters. The molecule has 2 N–H and O–H groups in total. The van der Waals surface area contributed by atoms with E-state index < -0.39 is 0 Å². The largest absolute Gasteiger partial charge is 0.493 e. The molecule has 0 unspecified atom stereocenters. The highest BCUT2D eigenvalue weighted by atomic mass is 16.5. The van der Waals surface area contributed by atoms with Crippen LogP contribution in [-0.4, -0.2) is 35.5 Å². The van der Waals surface area contributed by atoms with Crippen LogP contribution in [0.25, 0.3) is 11.0 Å². The van der Waals surface area contributed by atoms with Crippen molar-refractivity contribution < 1.29 is 14.3 Å². The van der Waals surface area contributed by atoms with E-state index in [1.165, 1.54) is 0 Å². The Balaban J connectivity index is 1.76. The second kappa shape index (κ2) is 6.35. The van der Waals surface area contributed by atoms with E-state index in [0.29, 0.717) is 28.2 Å². The number of para-hydroxylation sites is 1. The van der Waals surface area contributed by atoms with Crippen molar-refractivity contribution in [3.8, 4) is 11.5 Å². The van der Waals surface area contributed by atoms with Crippen molar-refractivity contribution in [2.75, 3.05) is 19.5 Å². The standard InChI is InChI=1S/C16H16N4O3/c1-22-13-7-6-10(8-14(13)23-2)9-15(21)17-11-4-3-5-12-16(11)19-20-18-12/h3-8H,9H2,1-2H3,(H,17,21)(H,18,19,20). The molecule has 1 amide bonds. The summed E-state index contributed by atoms with van der Waals surface area (Å²) in [5.41, 5.74) is 2.79. The smallest absolute Gasteiger partial charge is 0.228 e. The molecule has 0 bridgehead atoms. The average molecular weight is 312 g/mol. The van der Waals surface area contributed by atoms with Gasteiger partial charge in [-0.25, -0.2) is 0 Å². The SMILES string of the molecule is COc1ccc(CC(=O)Nc2cccc3n[nH]nc23)cc1OC. The van der Waals surface area contributed by atoms with Crippen molar-refractivity contribution in [2.45, 2.75) is 6.42 Å². The number of carbonyl (C=O) groups excluding carboxylic acids is 1. The summed E-state index contributed by atoms with van der Waals surface area (Å²) in [7, 11) is 3.13. The topological polar surface area (TPSA) is 89.1 Å². The van der Waals surface area contributed by atoms with Crippen LogP contribution in [-0.2, 0) is 11.2 Å². The molecule has 23 heavy (non-hydrogen) atoms. The van der Waals surface area contributed by atoms with Gasteiger partial charge in [0.2, 0.25) is 5.91 Å². The number of anilines is 1. The summed E-state index contributed by atoms with van der Waals surface area (Å²) in [6.45, 7) is 0. The minimum Gasteiger partial charge on any atom is -0.493 e. The van der Waals surface area contributed by atoms with Gasteiger partial charge in [0, 0.05) is 0 Å². The van der Waals surface area contributed by atoms with Crippen LogP contribution in [0, 0.1) is 0 Å². The Bertz CT molecular complexity index is 844. The number of nitrogens with zero attached hydrogens (tertiary/aromatic N) is 2. The molecule has 0 aliphatic rings. The van der Waals surface area contributed by atoms with Crippen molar-refractivity contribution >= 4 is 22.6 Å². The summed E-state index contributed by atoms with van der Waals surface area (Å²) < 4.78 is 10.4. The summed E-state index contributed by atoms with van der Waals surface area (Å²) >= 11 is 0. The van der Waals surface area contributed by atoms with Gasteiger partial charge in [-0.2, -0.15) is 15.4 Å². The third-order valence-corrected chi connectivity index (χ3v) is 3.43. The van der Waals surface area contributed by atoms with E-state index >= 15 is 0 Å². The molecular weight excluding hydrogens is 296 g/mol. The van der Waals surface area contributed by atoms with Crippen molar-refractivity contribution in [2.24, 2.45) is 0 Å². The van der Waals surface area contributed by atoms with Crippen LogP contribution in [0.2, 0.25) is 0 Å². The number of carbonyl (C=O) groups is 1. The van der Waals surface area contributed by atoms with Gasteiger partial charge in [-0.3, -0.25) is 4.79 Å². The van der Waals surface area contributed by atoms with Gasteiger partial charge in [0.15, 0.2) is 11.5 Å². The number of amides is 1. The van der Waals surface area contributed by atoms with Gasteiger partial charge in [0.1, 0.15) is 11.0 Å². The van der Waals surface area contributed by atoms with Crippen LogP contribution in [0.1, 0.15) is 5.56 Å². The maximum atomic E-state index is 12.3. The van der Waals surface area contributed by atoms with E-state index in [1.54, 1.807) is 32.4 Å². The minimum absolute atomic E-state index is 0.146. The Kier molecular flexibility index (Phi) is 4.09. The number of fused-ring (bicyclic) bond motifs is 1. The van der Waals surface area contributed by atoms with Crippen molar-refractivity contribution in [1.82, 2.24) is 15.4 Å². The van der Waals surface area contributed by atoms with Crippen molar-refractivity contribution in [1.29, 1.82) is 0 Å². The average Bonchev–Trinajstić information content (AvgIpc) is 3.04. The number of ether oxygens (including phenoxy) is 2. The first-order chi connectivity index (χ1) is 11.2. The minimum atomic E-state index is -0.146. The number of aromatic amines is 1. The molecule has 118 valence electrons. The summed E-state index contributed by atoms with van der Waals surface area (Å²) in [4.78, 5) is 12.3. The fourth-order valence-electron chi connectivity index (χ4n) is 2.34. The van der Waals surface area contributed by atoms with Crippen molar-refractivity contribution in [3.63, 3.8) is 0 Å². The van der Waals surface area contributed by atoms with Crippen LogP contribution in [0.3, 0.4) is 0 Å². The fraction of sp³-hybridized carbons (Fsp3) is 0.188. The first-order valence-electron chi connectivity index (χ1n) is 7.01. The lowest BCUT2D eigenvalue weighted by Crippen LogP contribution is -2.14. The number of aromatic nitrogens is 3. The molecule has 0 spiro atoms. The number of H-pyrrole nitrogens is 1. The summed E-state index contributed by atoms with van der Waals surface area (Å²) in [6.07, 6.45) is 0.217. The maximum Gasteiger partial charge on any atom is 0.228 e. The summed E-state index contributed by atoms with van der Waals surface area (Å²) in [6, 6.07) is 10.8. The molecule has 3 aromatic rings. The zero-order chi connectivity index (χ0) is 16.2. The van der Waals surface area contributed by atoms with E-state index in [4.69, 9.17) is 9.47 Å². The Morgan fingerprint density at radius 2 is 1.96 bits per heavy atom. The van der Waals surface area contributed by atoms with Crippen molar-refractivity contribution in [3.05, 3.63) is 42.0 Å². The highest BCUT2D eigenvalue weighted by Gasteiger charge is 2.11. The number of hydrogen-bond acceptors (Lipinski definition) is 5. The molecular formula is C16H16N4O3. The fourth-order valence-corrected chi connectivity index (χ4v) is 2.34. The van der Waals surface area contributed by atoms with Crippen LogP contribution in [0.15, 0.2) is 36.4 Å². The van der Waals surface area contributed by atoms with E-state index in [0.717, 1.165) is 5.56 Å². The highest BCUT2D eigenvalue weighted by molar-refractivity contribution is 5.99. The number of nitrogens with one attached hydrogen (secondary N) is 2. The zero-order valence-corrected chi connectivity index (χ0v) is 12.8. The highest BCUT2D eigenvalue weighted by Crippen LogP contribution is 2.28. The third kappa shape index (κ3) is 3.08. The van der Waals surface area contributed by atoms with Gasteiger partial charge < -0.3 is 14.8 Å². The lowest BCUT2D eigenvalue weighted by Gasteiger charge is -2.10. The molecule has 2 aromatic carbocycles. The van der Waals surface area contributed by atoms with Gasteiger partial charge in [-0.15, -0.1) is 0 Å². The number of methoxy groups -OCH3 is 2. The lowest BCUT2D eigenvalue weighted by molar-refractivity contribution is -0.115. The predicted molar refractivity (Wildman–Crippen MR) is 85.8 cm³/mol. The molecule has 0 aliphatic heterocycles. The number of hydrogen-bond donors (Lipinski definition) is 2. The predicted octanol–water partition coefficient (Wildman–Crippen LogP) is 2.16. The first kappa shape index (κ1) is 14.8. The van der Waals surface area contributed by atoms with Gasteiger partial charge in [0.05, 0.1) is 26.3 Å². The van der Waals surface area contributed by atoms with Crippen LogP contribution >= 0.6 is 0 Å². The van der Waals surface area contributed by atoms with Gasteiger partial charge >= 0.3 is 0 Å². The van der Waals surface area contributed by atoms with Gasteiger partial charge in [-0.1, -0.05) is 12.1 Å². The Labute approximate surface area is 132 Å². The van der Waals surface area contributed by atoms with E-state index in [9.17, 15) is 4.79 Å². The second-order valence-electron chi connectivity index (χ2n) is 4.91. The molecule has 3 rings (SSSR count). The van der Waals surface area contributed by atoms with Crippen LogP contribution < -0.4 is 14.8 Å².